The Kier molecular flexibility index (Phi) is 5.47. The summed E-state index contributed by atoms with van der Waals surface area (Å²) in [6, 6.07) is 6.78. The standard InChI is InChI=1S/C22H32N4O3/c1-13(2)17(23)20(29)26-11-16(19(28)24-21(3,4)5)22(12-26)10-14-8-6-7-9-15(14)18(27)25-22/h6-9,13,16-17H,10-12,23H2,1-5H3,(H,24,28)(H,25,27)/t16-,17?,22+/m0/s1. The normalized spacial score (nSPS) is 25.0. The quantitative estimate of drug-likeness (QED) is 0.706. The van der Waals surface area contributed by atoms with Crippen molar-refractivity contribution in [2.24, 2.45) is 17.6 Å². The van der Waals surface area contributed by atoms with Crippen molar-refractivity contribution in [2.45, 2.75) is 58.2 Å². The average Bonchev–Trinajstić information content (AvgIpc) is 2.97. The summed E-state index contributed by atoms with van der Waals surface area (Å²) in [6.45, 7) is 10.1. The summed E-state index contributed by atoms with van der Waals surface area (Å²) >= 11 is 0. The van der Waals surface area contributed by atoms with Gasteiger partial charge in [-0.25, -0.2) is 0 Å². The van der Waals surface area contributed by atoms with E-state index in [9.17, 15) is 14.4 Å². The second-order valence-electron chi connectivity index (χ2n) is 9.72. The number of carbonyl (C=O) groups excluding carboxylic acids is 3. The van der Waals surface area contributed by atoms with Crippen molar-refractivity contribution in [1.82, 2.24) is 15.5 Å². The average molecular weight is 401 g/mol. The van der Waals surface area contributed by atoms with E-state index in [0.717, 1.165) is 5.56 Å². The molecule has 7 nitrogen and oxygen atoms in total. The maximum absolute atomic E-state index is 13.2. The highest BCUT2D eigenvalue weighted by Crippen LogP contribution is 2.36. The molecule has 2 heterocycles. The Morgan fingerprint density at radius 2 is 1.93 bits per heavy atom. The van der Waals surface area contributed by atoms with E-state index in [0.29, 0.717) is 12.0 Å². The monoisotopic (exact) mass is 400 g/mol. The van der Waals surface area contributed by atoms with Gasteiger partial charge in [-0.05, 0) is 44.7 Å². The Morgan fingerprint density at radius 1 is 1.28 bits per heavy atom. The molecule has 3 rings (SSSR count). The molecule has 1 aromatic carbocycles. The van der Waals surface area contributed by atoms with Gasteiger partial charge in [0.25, 0.3) is 5.91 Å². The predicted molar refractivity (Wildman–Crippen MR) is 111 cm³/mol. The van der Waals surface area contributed by atoms with Gasteiger partial charge in [-0.3, -0.25) is 14.4 Å². The molecular formula is C22H32N4O3. The maximum Gasteiger partial charge on any atom is 0.252 e. The van der Waals surface area contributed by atoms with E-state index in [4.69, 9.17) is 5.73 Å². The highest BCUT2D eigenvalue weighted by Gasteiger charge is 2.55. The fraction of sp³-hybridized carbons (Fsp3) is 0.591. The number of benzene rings is 1. The lowest BCUT2D eigenvalue weighted by Gasteiger charge is -2.39. The van der Waals surface area contributed by atoms with Crippen molar-refractivity contribution in [1.29, 1.82) is 0 Å². The number of fused-ring (bicyclic) bond motifs is 1. The zero-order valence-corrected chi connectivity index (χ0v) is 17.9. The molecule has 7 heteroatoms. The van der Waals surface area contributed by atoms with E-state index >= 15 is 0 Å². The van der Waals surface area contributed by atoms with Gasteiger partial charge in [-0.1, -0.05) is 32.0 Å². The van der Waals surface area contributed by atoms with Gasteiger partial charge in [0, 0.05) is 24.2 Å². The van der Waals surface area contributed by atoms with E-state index in [1.54, 1.807) is 11.0 Å². The molecule has 1 spiro atoms. The van der Waals surface area contributed by atoms with Crippen molar-refractivity contribution in [3.05, 3.63) is 35.4 Å². The SMILES string of the molecule is CC(C)C(N)C(=O)N1C[C@@H](C(=O)NC(C)(C)C)[C@@]2(Cc3ccccc3C(=O)N2)C1. The smallest absolute Gasteiger partial charge is 0.252 e. The summed E-state index contributed by atoms with van der Waals surface area (Å²) in [4.78, 5) is 40.6. The molecule has 29 heavy (non-hydrogen) atoms. The molecule has 4 N–H and O–H groups in total. The third kappa shape index (κ3) is 4.15. The molecule has 1 fully saturated rings. The molecule has 2 aliphatic rings. The van der Waals surface area contributed by atoms with Crippen LogP contribution in [0, 0.1) is 11.8 Å². The predicted octanol–water partition coefficient (Wildman–Crippen LogP) is 1.07. The first-order chi connectivity index (χ1) is 13.4. The molecular weight excluding hydrogens is 368 g/mol. The molecule has 0 aromatic heterocycles. The van der Waals surface area contributed by atoms with E-state index in [1.807, 2.05) is 52.8 Å². The molecule has 0 bridgehead atoms. The van der Waals surface area contributed by atoms with Gasteiger partial charge in [0.1, 0.15) is 0 Å². The van der Waals surface area contributed by atoms with Crippen molar-refractivity contribution < 1.29 is 14.4 Å². The number of nitrogens with one attached hydrogen (secondary N) is 2. The first-order valence-corrected chi connectivity index (χ1v) is 10.2. The van der Waals surface area contributed by atoms with E-state index in [-0.39, 0.29) is 36.7 Å². The molecule has 0 saturated carbocycles. The van der Waals surface area contributed by atoms with Gasteiger partial charge in [0.05, 0.1) is 17.5 Å². The van der Waals surface area contributed by atoms with E-state index < -0.39 is 23.0 Å². The minimum absolute atomic E-state index is 0.0115. The summed E-state index contributed by atoms with van der Waals surface area (Å²) in [7, 11) is 0. The van der Waals surface area contributed by atoms with E-state index in [1.165, 1.54) is 0 Å². The minimum Gasteiger partial charge on any atom is -0.351 e. The molecule has 0 radical (unpaired) electrons. The Bertz CT molecular complexity index is 830. The third-order valence-corrected chi connectivity index (χ3v) is 5.80. The van der Waals surface area contributed by atoms with Crippen LogP contribution in [0.2, 0.25) is 0 Å². The summed E-state index contributed by atoms with van der Waals surface area (Å²) in [5, 5.41) is 6.11. The van der Waals surface area contributed by atoms with Crippen LogP contribution in [0.5, 0.6) is 0 Å². The largest absolute Gasteiger partial charge is 0.351 e. The summed E-state index contributed by atoms with van der Waals surface area (Å²) < 4.78 is 0. The first-order valence-electron chi connectivity index (χ1n) is 10.2. The number of carbonyl (C=O) groups is 3. The third-order valence-electron chi connectivity index (χ3n) is 5.80. The van der Waals surface area contributed by atoms with Gasteiger partial charge in [0.2, 0.25) is 11.8 Å². The second kappa shape index (κ2) is 7.44. The molecule has 2 aliphatic heterocycles. The number of hydrogen-bond donors (Lipinski definition) is 3. The van der Waals surface area contributed by atoms with Gasteiger partial charge in [-0.15, -0.1) is 0 Å². The maximum atomic E-state index is 13.2. The van der Waals surface area contributed by atoms with Crippen molar-refractivity contribution in [3.8, 4) is 0 Å². The number of rotatable bonds is 3. The lowest BCUT2D eigenvalue weighted by Crippen LogP contribution is -2.62. The van der Waals surface area contributed by atoms with Crippen molar-refractivity contribution in [3.63, 3.8) is 0 Å². The topological polar surface area (TPSA) is 105 Å². The van der Waals surface area contributed by atoms with Crippen LogP contribution in [0.4, 0.5) is 0 Å². The molecule has 0 aliphatic carbocycles. The first kappa shape index (κ1) is 21.3. The van der Waals surface area contributed by atoms with Crippen molar-refractivity contribution in [2.75, 3.05) is 13.1 Å². The van der Waals surface area contributed by atoms with E-state index in [2.05, 4.69) is 10.6 Å². The zero-order chi connectivity index (χ0) is 21.6. The highest BCUT2D eigenvalue weighted by atomic mass is 16.2. The van der Waals surface area contributed by atoms with Crippen LogP contribution in [-0.4, -0.2) is 52.8 Å². The Balaban J connectivity index is 1.97. The van der Waals surface area contributed by atoms with Crippen LogP contribution >= 0.6 is 0 Å². The molecule has 3 amide bonds. The summed E-state index contributed by atoms with van der Waals surface area (Å²) in [5.41, 5.74) is 6.37. The number of amides is 3. The Labute approximate surface area is 172 Å². The molecule has 158 valence electrons. The number of nitrogens with zero attached hydrogens (tertiary/aromatic N) is 1. The lowest BCUT2D eigenvalue weighted by molar-refractivity contribution is -0.133. The minimum atomic E-state index is -0.840. The molecule has 1 saturated heterocycles. The van der Waals surface area contributed by atoms with Gasteiger partial charge in [-0.2, -0.15) is 0 Å². The van der Waals surface area contributed by atoms with Crippen LogP contribution in [0.1, 0.15) is 50.5 Å². The Morgan fingerprint density at radius 3 is 2.55 bits per heavy atom. The van der Waals surface area contributed by atoms with Gasteiger partial charge >= 0.3 is 0 Å². The number of nitrogens with two attached hydrogens (primary N) is 1. The van der Waals surface area contributed by atoms with Crippen LogP contribution in [0.3, 0.4) is 0 Å². The summed E-state index contributed by atoms with van der Waals surface area (Å²) in [5.74, 6) is -1.11. The summed E-state index contributed by atoms with van der Waals surface area (Å²) in [6.07, 6.45) is 0.498. The van der Waals surface area contributed by atoms with Crippen LogP contribution < -0.4 is 16.4 Å². The number of hydrogen-bond acceptors (Lipinski definition) is 4. The lowest BCUT2D eigenvalue weighted by atomic mass is 9.76. The van der Waals surface area contributed by atoms with Crippen molar-refractivity contribution >= 4 is 17.7 Å². The zero-order valence-electron chi connectivity index (χ0n) is 17.9. The molecule has 1 unspecified atom stereocenters. The molecule has 1 aromatic rings. The van der Waals surface area contributed by atoms with Gasteiger partial charge < -0.3 is 21.3 Å². The highest BCUT2D eigenvalue weighted by molar-refractivity contribution is 5.98. The Hall–Kier alpha value is -2.41. The van der Waals surface area contributed by atoms with Crippen LogP contribution in [0.15, 0.2) is 24.3 Å². The fourth-order valence-corrected chi connectivity index (χ4v) is 4.24. The molecule has 3 atom stereocenters. The van der Waals surface area contributed by atoms with Crippen LogP contribution in [0.25, 0.3) is 0 Å². The number of likely N-dealkylation sites (tertiary alicyclic amines) is 1. The van der Waals surface area contributed by atoms with Crippen LogP contribution in [-0.2, 0) is 16.0 Å². The second-order valence-corrected chi connectivity index (χ2v) is 9.72. The fourth-order valence-electron chi connectivity index (χ4n) is 4.24. The van der Waals surface area contributed by atoms with Gasteiger partial charge in [0.15, 0.2) is 0 Å².